The molecule has 2 atom stereocenters. The van der Waals surface area contributed by atoms with Crippen molar-refractivity contribution >= 4 is 11.7 Å². The largest absolute Gasteiger partial charge is 0.322 e. The van der Waals surface area contributed by atoms with Crippen LogP contribution < -0.4 is 5.32 Å². The Kier molecular flexibility index (Phi) is 3.94. The topological polar surface area (TPSA) is 45.2 Å². The lowest BCUT2D eigenvalue weighted by molar-refractivity contribution is -0.00603. The third-order valence-electron chi connectivity index (χ3n) is 5.41. The molecule has 3 heterocycles. The number of carbonyl (C=O) groups is 1. The molecule has 2 fully saturated rings. The van der Waals surface area contributed by atoms with Gasteiger partial charge in [0.1, 0.15) is 5.82 Å². The fourth-order valence-corrected chi connectivity index (χ4v) is 4.22. The normalized spacial score (nSPS) is 24.6. The lowest BCUT2D eigenvalue weighted by Gasteiger charge is -2.54. The van der Waals surface area contributed by atoms with Crippen molar-refractivity contribution in [1.29, 1.82) is 0 Å². The van der Waals surface area contributed by atoms with E-state index in [-0.39, 0.29) is 11.7 Å². The minimum Gasteiger partial charge on any atom is -0.318 e. The molecule has 0 radical (unpaired) electrons. The zero-order valence-corrected chi connectivity index (χ0v) is 14.5. The summed E-state index contributed by atoms with van der Waals surface area (Å²) in [5.41, 5.74) is 2.61. The first-order chi connectivity index (χ1) is 12.0. The third-order valence-corrected chi connectivity index (χ3v) is 5.41. The summed E-state index contributed by atoms with van der Waals surface area (Å²) in [5.74, 6) is 0.254. The number of halogens is 1. The van der Waals surface area contributed by atoms with Gasteiger partial charge in [0.25, 0.3) is 0 Å². The van der Waals surface area contributed by atoms with Crippen molar-refractivity contribution < 1.29 is 9.18 Å². The molecule has 2 unspecified atom stereocenters. The summed E-state index contributed by atoms with van der Waals surface area (Å²) < 4.78 is 14.4. The van der Waals surface area contributed by atoms with Gasteiger partial charge < -0.3 is 10.2 Å². The monoisotopic (exact) mass is 339 g/mol. The molecule has 0 spiro atoms. The van der Waals surface area contributed by atoms with Gasteiger partial charge in [-0.2, -0.15) is 0 Å². The van der Waals surface area contributed by atoms with Crippen LogP contribution in [0.15, 0.2) is 36.5 Å². The predicted molar refractivity (Wildman–Crippen MR) is 95.8 cm³/mol. The summed E-state index contributed by atoms with van der Waals surface area (Å²) in [6, 6.07) is 9.17. The molecule has 130 valence electrons. The summed E-state index contributed by atoms with van der Waals surface area (Å²) in [5, 5.41) is 2.78. The Morgan fingerprint density at radius 1 is 1.24 bits per heavy atom. The predicted octanol–water partition coefficient (Wildman–Crippen LogP) is 4.60. The van der Waals surface area contributed by atoms with Crippen LogP contribution in [0.2, 0.25) is 0 Å². The number of nitrogens with zero attached hydrogens (tertiary/aromatic N) is 2. The van der Waals surface area contributed by atoms with Crippen molar-refractivity contribution in [2.45, 2.75) is 45.2 Å². The molecule has 4 rings (SSSR count). The van der Waals surface area contributed by atoms with Gasteiger partial charge in [-0.1, -0.05) is 13.0 Å². The second kappa shape index (κ2) is 6.14. The second-order valence-electron chi connectivity index (χ2n) is 7.32. The molecule has 4 nitrogen and oxygen atoms in total. The van der Waals surface area contributed by atoms with Crippen LogP contribution >= 0.6 is 0 Å². The zero-order valence-electron chi connectivity index (χ0n) is 14.5. The molecule has 1 aromatic heterocycles. The number of urea groups is 1. The van der Waals surface area contributed by atoms with Crippen molar-refractivity contribution in [3.05, 3.63) is 47.9 Å². The van der Waals surface area contributed by atoms with Gasteiger partial charge in [0.2, 0.25) is 0 Å². The summed E-state index contributed by atoms with van der Waals surface area (Å²) in [7, 11) is 0. The first-order valence-corrected chi connectivity index (χ1v) is 8.84. The van der Waals surface area contributed by atoms with E-state index in [9.17, 15) is 9.18 Å². The Morgan fingerprint density at radius 3 is 2.68 bits per heavy atom. The fourth-order valence-electron chi connectivity index (χ4n) is 4.22. The number of benzene rings is 1. The Balaban J connectivity index is 1.58. The van der Waals surface area contributed by atoms with Crippen molar-refractivity contribution in [3.63, 3.8) is 0 Å². The molecule has 1 N–H and O–H groups in total. The molecule has 1 aromatic carbocycles. The van der Waals surface area contributed by atoms with Gasteiger partial charge in [0.15, 0.2) is 0 Å². The number of amides is 2. The van der Waals surface area contributed by atoms with E-state index < -0.39 is 5.82 Å². The molecule has 2 aliphatic heterocycles. The number of rotatable bonds is 2. The summed E-state index contributed by atoms with van der Waals surface area (Å²) >= 11 is 0. The van der Waals surface area contributed by atoms with Gasteiger partial charge >= 0.3 is 6.03 Å². The molecule has 2 amide bonds. The average molecular weight is 339 g/mol. The van der Waals surface area contributed by atoms with E-state index in [2.05, 4.69) is 17.2 Å². The lowest BCUT2D eigenvalue weighted by atomic mass is 9.74. The summed E-state index contributed by atoms with van der Waals surface area (Å²) in [6.45, 7) is 4.08. The van der Waals surface area contributed by atoms with E-state index in [1.54, 1.807) is 12.3 Å². The number of hydrogen-bond donors (Lipinski definition) is 1. The van der Waals surface area contributed by atoms with Crippen molar-refractivity contribution in [1.82, 2.24) is 9.88 Å². The Hall–Kier alpha value is -2.43. The fraction of sp³-hybridized carbons (Fsp3) is 0.400. The third kappa shape index (κ3) is 2.88. The van der Waals surface area contributed by atoms with E-state index in [4.69, 9.17) is 0 Å². The number of carbonyl (C=O) groups excluding carboxylic acids is 1. The van der Waals surface area contributed by atoms with Gasteiger partial charge in [0.05, 0.1) is 11.4 Å². The number of hydrogen-bond acceptors (Lipinski definition) is 2. The van der Waals surface area contributed by atoms with E-state index in [0.717, 1.165) is 36.1 Å². The lowest BCUT2D eigenvalue weighted by Crippen LogP contribution is -2.63. The minimum absolute atomic E-state index is 0.192. The van der Waals surface area contributed by atoms with E-state index in [0.29, 0.717) is 18.0 Å². The highest BCUT2D eigenvalue weighted by atomic mass is 19.1. The number of anilines is 1. The van der Waals surface area contributed by atoms with Crippen LogP contribution in [0.3, 0.4) is 0 Å². The second-order valence-corrected chi connectivity index (χ2v) is 7.32. The number of aryl methyl sites for hydroxylation is 1. The van der Waals surface area contributed by atoms with Gasteiger partial charge in [-0.25, -0.2) is 9.18 Å². The number of aromatic nitrogens is 1. The van der Waals surface area contributed by atoms with Crippen LogP contribution in [-0.4, -0.2) is 28.0 Å². The molecule has 2 saturated heterocycles. The first-order valence-electron chi connectivity index (χ1n) is 8.84. The molecular weight excluding hydrogens is 317 g/mol. The molecule has 2 aliphatic rings. The van der Waals surface area contributed by atoms with Crippen LogP contribution in [0.4, 0.5) is 14.9 Å². The molecule has 2 aromatic rings. The SMILES string of the molecule is Cc1cc(F)c(NC(=O)N2C3CC(C)CC2C3)cc1-c1ccccn1. The Morgan fingerprint density at radius 2 is 2.00 bits per heavy atom. The van der Waals surface area contributed by atoms with Crippen LogP contribution in [0.5, 0.6) is 0 Å². The highest BCUT2D eigenvalue weighted by molar-refractivity contribution is 5.91. The zero-order chi connectivity index (χ0) is 17.6. The van der Waals surface area contributed by atoms with Gasteiger partial charge in [-0.15, -0.1) is 0 Å². The number of fused-ring (bicyclic) bond motifs is 2. The standard InChI is InChI=1S/C20H22FN3O/c1-12-7-14-10-15(8-12)24(14)20(25)23-19-11-16(13(2)9-17(19)21)18-5-3-4-6-22-18/h3-6,9,11-12,14-15H,7-8,10H2,1-2H3,(H,23,25). The van der Waals surface area contributed by atoms with E-state index >= 15 is 0 Å². The van der Waals surface area contributed by atoms with Crippen molar-refractivity contribution in [2.75, 3.05) is 5.32 Å². The van der Waals surface area contributed by atoms with Crippen molar-refractivity contribution in [3.8, 4) is 11.3 Å². The number of nitrogens with one attached hydrogen (secondary N) is 1. The van der Waals surface area contributed by atoms with Gasteiger partial charge in [-0.05, 0) is 61.9 Å². The van der Waals surface area contributed by atoms with Gasteiger partial charge in [0, 0.05) is 23.8 Å². The van der Waals surface area contributed by atoms with Crippen LogP contribution in [0.25, 0.3) is 11.3 Å². The average Bonchev–Trinajstić information content (AvgIpc) is 2.57. The summed E-state index contributed by atoms with van der Waals surface area (Å²) in [4.78, 5) is 18.9. The number of piperidine rings is 1. The van der Waals surface area contributed by atoms with Crippen molar-refractivity contribution in [2.24, 2.45) is 5.92 Å². The maximum atomic E-state index is 14.4. The van der Waals surface area contributed by atoms with Gasteiger partial charge in [-0.3, -0.25) is 4.98 Å². The van der Waals surface area contributed by atoms with Crippen LogP contribution in [0.1, 0.15) is 31.7 Å². The molecule has 5 heteroatoms. The number of pyridine rings is 1. The first kappa shape index (κ1) is 16.1. The highest BCUT2D eigenvalue weighted by Crippen LogP contribution is 2.41. The maximum Gasteiger partial charge on any atom is 0.322 e. The maximum absolute atomic E-state index is 14.4. The van der Waals surface area contributed by atoms with E-state index in [1.807, 2.05) is 30.0 Å². The van der Waals surface area contributed by atoms with E-state index in [1.165, 1.54) is 6.07 Å². The molecular formula is C20H22FN3O. The molecule has 0 saturated carbocycles. The Labute approximate surface area is 147 Å². The Bertz CT molecular complexity index is 796. The van der Waals surface area contributed by atoms with Crippen LogP contribution in [-0.2, 0) is 0 Å². The summed E-state index contributed by atoms with van der Waals surface area (Å²) in [6.07, 6.45) is 4.87. The smallest absolute Gasteiger partial charge is 0.318 e. The molecule has 25 heavy (non-hydrogen) atoms. The molecule has 2 bridgehead atoms. The molecule has 0 aliphatic carbocycles. The highest BCUT2D eigenvalue weighted by Gasteiger charge is 2.46. The van der Waals surface area contributed by atoms with Crippen LogP contribution in [0, 0.1) is 18.7 Å². The quantitative estimate of drug-likeness (QED) is 0.869. The minimum atomic E-state index is -0.412.